The molecule has 2 amide bonds. The number of carbonyl (C=O) groups is 4. The second-order valence-corrected chi connectivity index (χ2v) is 7.42. The van der Waals surface area contributed by atoms with Gasteiger partial charge in [-0.2, -0.15) is 5.10 Å². The number of amides is 2. The SMILES string of the molecule is Cc1nn(-c2ccccc2)c(C)c1C(=O)C(=O)OCCCN1C(=O)c2ccccc2C1=O. The molecule has 0 atom stereocenters. The minimum atomic E-state index is -0.994. The Kier molecular flexibility index (Phi) is 5.68. The predicted octanol–water partition coefficient (Wildman–Crippen LogP) is 2.90. The molecule has 2 heterocycles. The third-order valence-corrected chi connectivity index (χ3v) is 5.34. The average molecular weight is 431 g/mol. The first-order valence-corrected chi connectivity index (χ1v) is 10.2. The molecule has 0 fully saturated rings. The summed E-state index contributed by atoms with van der Waals surface area (Å²) in [5.41, 5.74) is 2.69. The van der Waals surface area contributed by atoms with Gasteiger partial charge in [0.05, 0.1) is 40.4 Å². The minimum Gasteiger partial charge on any atom is -0.460 e. The summed E-state index contributed by atoms with van der Waals surface area (Å²) in [6.07, 6.45) is 0.228. The van der Waals surface area contributed by atoms with Gasteiger partial charge in [-0.3, -0.25) is 19.3 Å². The number of ketones is 1. The fraction of sp³-hybridized carbons (Fsp3) is 0.208. The van der Waals surface area contributed by atoms with Gasteiger partial charge in [0.15, 0.2) is 0 Å². The molecule has 3 aromatic rings. The molecule has 0 aliphatic carbocycles. The lowest BCUT2D eigenvalue weighted by atomic mass is 10.1. The van der Waals surface area contributed by atoms with Crippen molar-refractivity contribution in [2.24, 2.45) is 0 Å². The molecule has 8 nitrogen and oxygen atoms in total. The number of nitrogens with zero attached hydrogens (tertiary/aromatic N) is 3. The van der Waals surface area contributed by atoms with E-state index in [0.717, 1.165) is 10.6 Å². The highest BCUT2D eigenvalue weighted by Gasteiger charge is 2.34. The van der Waals surface area contributed by atoms with E-state index in [0.29, 0.717) is 22.5 Å². The van der Waals surface area contributed by atoms with Gasteiger partial charge in [-0.15, -0.1) is 0 Å². The van der Waals surface area contributed by atoms with Gasteiger partial charge in [0.1, 0.15) is 0 Å². The molecule has 0 saturated heterocycles. The Bertz CT molecular complexity index is 1190. The Morgan fingerprint density at radius 3 is 2.12 bits per heavy atom. The van der Waals surface area contributed by atoms with Crippen molar-refractivity contribution in [1.82, 2.24) is 14.7 Å². The Labute approximate surface area is 184 Å². The summed E-state index contributed by atoms with van der Waals surface area (Å²) in [5, 5.41) is 4.38. The highest BCUT2D eigenvalue weighted by molar-refractivity contribution is 6.41. The number of aromatic nitrogens is 2. The second kappa shape index (κ2) is 8.58. The van der Waals surface area contributed by atoms with E-state index in [1.807, 2.05) is 30.3 Å². The van der Waals surface area contributed by atoms with Crippen molar-refractivity contribution in [3.8, 4) is 5.69 Å². The maximum atomic E-state index is 12.7. The monoisotopic (exact) mass is 431 g/mol. The van der Waals surface area contributed by atoms with Gasteiger partial charge < -0.3 is 4.74 Å². The third-order valence-electron chi connectivity index (χ3n) is 5.34. The molecule has 0 spiro atoms. The van der Waals surface area contributed by atoms with Crippen LogP contribution in [0.1, 0.15) is 48.9 Å². The van der Waals surface area contributed by atoms with Crippen LogP contribution in [0, 0.1) is 13.8 Å². The van der Waals surface area contributed by atoms with Gasteiger partial charge in [0, 0.05) is 6.54 Å². The Morgan fingerprint density at radius 1 is 0.906 bits per heavy atom. The summed E-state index contributed by atoms with van der Waals surface area (Å²) in [7, 11) is 0. The van der Waals surface area contributed by atoms with Crippen LogP contribution in [0.25, 0.3) is 5.69 Å². The number of para-hydroxylation sites is 1. The average Bonchev–Trinajstić information content (AvgIpc) is 3.24. The van der Waals surface area contributed by atoms with E-state index in [4.69, 9.17) is 4.74 Å². The fourth-order valence-corrected chi connectivity index (χ4v) is 3.79. The van der Waals surface area contributed by atoms with E-state index in [9.17, 15) is 19.2 Å². The van der Waals surface area contributed by atoms with Gasteiger partial charge in [-0.1, -0.05) is 30.3 Å². The van der Waals surface area contributed by atoms with Crippen LogP contribution in [0.2, 0.25) is 0 Å². The lowest BCUT2D eigenvalue weighted by Crippen LogP contribution is -2.31. The maximum Gasteiger partial charge on any atom is 0.379 e. The van der Waals surface area contributed by atoms with Crippen LogP contribution in [0.5, 0.6) is 0 Å². The lowest BCUT2D eigenvalue weighted by Gasteiger charge is -2.13. The topological polar surface area (TPSA) is 98.6 Å². The fourth-order valence-electron chi connectivity index (χ4n) is 3.79. The first-order valence-electron chi connectivity index (χ1n) is 10.2. The molecule has 0 bridgehead atoms. The number of hydrogen-bond acceptors (Lipinski definition) is 6. The molecule has 0 unspecified atom stereocenters. The maximum absolute atomic E-state index is 12.7. The number of fused-ring (bicyclic) bond motifs is 1. The first kappa shape index (κ1) is 21.2. The number of ether oxygens (including phenoxy) is 1. The highest BCUT2D eigenvalue weighted by atomic mass is 16.5. The number of esters is 1. The molecule has 0 radical (unpaired) electrons. The molecular formula is C24H21N3O5. The molecular weight excluding hydrogens is 410 g/mol. The van der Waals surface area contributed by atoms with E-state index in [-0.39, 0.29) is 37.0 Å². The van der Waals surface area contributed by atoms with Gasteiger partial charge >= 0.3 is 5.97 Å². The molecule has 1 aromatic heterocycles. The lowest BCUT2D eigenvalue weighted by molar-refractivity contribution is -0.138. The molecule has 2 aromatic carbocycles. The Balaban J connectivity index is 1.36. The van der Waals surface area contributed by atoms with Crippen molar-refractivity contribution in [3.63, 3.8) is 0 Å². The number of hydrogen-bond donors (Lipinski definition) is 0. The summed E-state index contributed by atoms with van der Waals surface area (Å²) in [6, 6.07) is 15.9. The molecule has 162 valence electrons. The number of rotatable bonds is 7. The van der Waals surface area contributed by atoms with Crippen molar-refractivity contribution < 1.29 is 23.9 Å². The standard InChI is InChI=1S/C24H21N3O5/c1-15-20(16(2)27(25-15)17-9-4-3-5-10-17)21(28)24(31)32-14-8-13-26-22(29)18-11-6-7-12-19(18)23(26)30/h3-7,9-12H,8,13-14H2,1-2H3. The van der Waals surface area contributed by atoms with Crippen LogP contribution < -0.4 is 0 Å². The van der Waals surface area contributed by atoms with Gasteiger partial charge in [0.2, 0.25) is 0 Å². The van der Waals surface area contributed by atoms with Crippen LogP contribution in [0.3, 0.4) is 0 Å². The summed E-state index contributed by atoms with van der Waals surface area (Å²) in [6.45, 7) is 3.38. The van der Waals surface area contributed by atoms with Crippen molar-refractivity contribution in [2.75, 3.05) is 13.2 Å². The number of benzene rings is 2. The zero-order valence-electron chi connectivity index (χ0n) is 17.7. The van der Waals surface area contributed by atoms with Gasteiger partial charge in [0.25, 0.3) is 17.6 Å². The van der Waals surface area contributed by atoms with Crippen LogP contribution in [-0.4, -0.2) is 51.4 Å². The molecule has 0 saturated carbocycles. The number of carbonyl (C=O) groups excluding carboxylic acids is 4. The summed E-state index contributed by atoms with van der Waals surface area (Å²) in [4.78, 5) is 50.9. The third kappa shape index (κ3) is 3.71. The van der Waals surface area contributed by atoms with E-state index >= 15 is 0 Å². The molecule has 1 aliphatic rings. The Hall–Kier alpha value is -4.07. The first-order chi connectivity index (χ1) is 15.4. The van der Waals surface area contributed by atoms with Gasteiger partial charge in [-0.25, -0.2) is 9.48 Å². The van der Waals surface area contributed by atoms with E-state index in [1.165, 1.54) is 0 Å². The smallest absolute Gasteiger partial charge is 0.379 e. The van der Waals surface area contributed by atoms with Crippen LogP contribution in [-0.2, 0) is 9.53 Å². The largest absolute Gasteiger partial charge is 0.460 e. The number of imide groups is 1. The summed E-state index contributed by atoms with van der Waals surface area (Å²) < 4.78 is 6.73. The van der Waals surface area contributed by atoms with Gasteiger partial charge in [-0.05, 0) is 44.5 Å². The summed E-state index contributed by atoms with van der Waals surface area (Å²) in [5.74, 6) is -2.51. The molecule has 8 heteroatoms. The zero-order valence-corrected chi connectivity index (χ0v) is 17.7. The van der Waals surface area contributed by atoms with Crippen molar-refractivity contribution in [3.05, 3.63) is 82.7 Å². The van der Waals surface area contributed by atoms with E-state index in [2.05, 4.69) is 5.10 Å². The highest BCUT2D eigenvalue weighted by Crippen LogP contribution is 2.22. The molecule has 1 aliphatic heterocycles. The second-order valence-electron chi connectivity index (χ2n) is 7.42. The minimum absolute atomic E-state index is 0.0943. The zero-order chi connectivity index (χ0) is 22.8. The van der Waals surface area contributed by atoms with Crippen LogP contribution >= 0.6 is 0 Å². The molecule has 0 N–H and O–H groups in total. The summed E-state index contributed by atoms with van der Waals surface area (Å²) >= 11 is 0. The number of aryl methyl sites for hydroxylation is 1. The quantitative estimate of drug-likeness (QED) is 0.188. The normalized spacial score (nSPS) is 12.8. The van der Waals surface area contributed by atoms with Crippen LogP contribution in [0.4, 0.5) is 0 Å². The molecule has 4 rings (SSSR count). The van der Waals surface area contributed by atoms with E-state index < -0.39 is 11.8 Å². The van der Waals surface area contributed by atoms with Crippen LogP contribution in [0.15, 0.2) is 54.6 Å². The predicted molar refractivity (Wildman–Crippen MR) is 115 cm³/mol. The number of Topliss-reactive ketones (excluding diaryl/α,β-unsaturated/α-hetero) is 1. The van der Waals surface area contributed by atoms with Crippen molar-refractivity contribution in [2.45, 2.75) is 20.3 Å². The van der Waals surface area contributed by atoms with Crippen molar-refractivity contribution >= 4 is 23.6 Å². The van der Waals surface area contributed by atoms with Crippen molar-refractivity contribution in [1.29, 1.82) is 0 Å². The van der Waals surface area contributed by atoms with E-state index in [1.54, 1.807) is 42.8 Å². The Morgan fingerprint density at radius 2 is 1.50 bits per heavy atom. The molecule has 32 heavy (non-hydrogen) atoms.